The standard InChI is InChI=1S/C13H21OPS2/c1-3-5-9-13(14-15-16,10-6-4-2)12-8-7-11-17-12/h7-8,11H,3-6,9-10H2,1-2H3/p+1. The molecule has 0 radical (unpaired) electrons. The van der Waals surface area contributed by atoms with E-state index in [1.807, 2.05) is 0 Å². The quantitative estimate of drug-likeness (QED) is 0.563. The molecule has 1 rings (SSSR count). The molecular formula is C13H22OPS2+. The van der Waals surface area contributed by atoms with Crippen LogP contribution in [-0.2, 0) is 21.9 Å². The Morgan fingerprint density at radius 1 is 1.29 bits per heavy atom. The topological polar surface area (TPSA) is 9.23 Å². The summed E-state index contributed by atoms with van der Waals surface area (Å²) in [6, 6.07) is 4.31. The van der Waals surface area contributed by atoms with Crippen molar-refractivity contribution in [1.82, 2.24) is 0 Å². The van der Waals surface area contributed by atoms with Crippen molar-refractivity contribution in [3.8, 4) is 0 Å². The fraction of sp³-hybridized carbons (Fsp3) is 0.692. The van der Waals surface area contributed by atoms with E-state index in [0.29, 0.717) is 0 Å². The molecule has 0 spiro atoms. The van der Waals surface area contributed by atoms with E-state index in [-0.39, 0.29) is 13.2 Å². The minimum absolute atomic E-state index is 0.0968. The van der Waals surface area contributed by atoms with Gasteiger partial charge in [-0.05, 0) is 24.3 Å². The fourth-order valence-electron chi connectivity index (χ4n) is 2.07. The van der Waals surface area contributed by atoms with Gasteiger partial charge in [-0.2, -0.15) is 4.52 Å². The minimum Gasteiger partial charge on any atom is -0.158 e. The summed E-state index contributed by atoms with van der Waals surface area (Å²) in [6.45, 7) is 4.46. The first-order valence-electron chi connectivity index (χ1n) is 6.38. The zero-order valence-corrected chi connectivity index (χ0v) is 13.3. The Kier molecular flexibility index (Phi) is 7.45. The van der Waals surface area contributed by atoms with Crippen LogP contribution in [0.15, 0.2) is 17.5 Å². The molecule has 1 aromatic rings. The summed E-state index contributed by atoms with van der Waals surface area (Å²) in [4.78, 5) is 1.36. The van der Waals surface area contributed by atoms with Crippen molar-refractivity contribution in [2.45, 2.75) is 58.0 Å². The minimum atomic E-state index is -0.0968. The van der Waals surface area contributed by atoms with Gasteiger partial charge in [-0.15, -0.1) is 11.3 Å². The Bertz CT molecular complexity index is 303. The normalized spacial score (nSPS) is 12.1. The molecule has 0 aliphatic heterocycles. The van der Waals surface area contributed by atoms with Gasteiger partial charge in [0.05, 0.1) is 0 Å². The molecule has 0 aromatic carbocycles. The monoisotopic (exact) mass is 289 g/mol. The van der Waals surface area contributed by atoms with Crippen molar-refractivity contribution in [1.29, 1.82) is 0 Å². The molecule has 0 saturated carbocycles. The highest BCUT2D eigenvalue weighted by Gasteiger charge is 2.36. The summed E-state index contributed by atoms with van der Waals surface area (Å²) in [5.74, 6) is 0. The first-order valence-corrected chi connectivity index (χ1v) is 9.30. The maximum Gasteiger partial charge on any atom is 0.323 e. The molecule has 1 unspecified atom stereocenters. The van der Waals surface area contributed by atoms with Gasteiger partial charge in [0.25, 0.3) is 0 Å². The second kappa shape index (κ2) is 8.31. The van der Waals surface area contributed by atoms with Gasteiger partial charge in [0, 0.05) is 4.88 Å². The summed E-state index contributed by atoms with van der Waals surface area (Å²) < 4.78 is 6.03. The molecule has 1 nitrogen and oxygen atoms in total. The van der Waals surface area contributed by atoms with Crippen LogP contribution in [0, 0.1) is 0 Å². The van der Waals surface area contributed by atoms with Crippen LogP contribution < -0.4 is 0 Å². The lowest BCUT2D eigenvalue weighted by Crippen LogP contribution is -2.25. The average Bonchev–Trinajstić information content (AvgIpc) is 2.87. The van der Waals surface area contributed by atoms with Crippen LogP contribution in [0.5, 0.6) is 0 Å². The van der Waals surface area contributed by atoms with E-state index in [2.05, 4.69) is 31.4 Å². The lowest BCUT2D eigenvalue weighted by atomic mass is 9.89. The summed E-state index contributed by atoms with van der Waals surface area (Å²) in [5, 5.41) is 2.14. The SMILES string of the molecule is CCCCC(CCCC)(O[PH+]=S)c1cccs1. The maximum atomic E-state index is 6.03. The Labute approximate surface area is 116 Å². The van der Waals surface area contributed by atoms with Gasteiger partial charge in [-0.1, -0.05) is 45.6 Å². The van der Waals surface area contributed by atoms with Crippen molar-refractivity contribution in [3.63, 3.8) is 0 Å². The number of unbranched alkanes of at least 4 members (excludes halogenated alkanes) is 2. The zero-order valence-electron chi connectivity index (χ0n) is 10.7. The first kappa shape index (κ1) is 15.2. The van der Waals surface area contributed by atoms with E-state index in [1.165, 1.54) is 30.6 Å². The largest absolute Gasteiger partial charge is 0.323 e. The van der Waals surface area contributed by atoms with Crippen molar-refractivity contribution >= 4 is 30.7 Å². The summed E-state index contributed by atoms with van der Waals surface area (Å²) in [7, 11) is 0.160. The van der Waals surface area contributed by atoms with E-state index in [0.717, 1.165) is 12.8 Å². The summed E-state index contributed by atoms with van der Waals surface area (Å²) in [6.07, 6.45) is 7.05. The number of hydrogen-bond donors (Lipinski definition) is 0. The third-order valence-electron chi connectivity index (χ3n) is 3.08. The Balaban J connectivity index is 2.88. The maximum absolute atomic E-state index is 6.03. The summed E-state index contributed by atoms with van der Waals surface area (Å²) in [5.41, 5.74) is -0.0968. The van der Waals surface area contributed by atoms with Crippen LogP contribution in [0.25, 0.3) is 0 Å². The zero-order chi connectivity index (χ0) is 12.6. The van der Waals surface area contributed by atoms with Crippen molar-refractivity contribution in [3.05, 3.63) is 22.4 Å². The van der Waals surface area contributed by atoms with Crippen LogP contribution in [0.1, 0.15) is 57.2 Å². The number of hydrogen-bond acceptors (Lipinski definition) is 3. The van der Waals surface area contributed by atoms with Crippen molar-refractivity contribution in [2.75, 3.05) is 0 Å². The van der Waals surface area contributed by atoms with Crippen molar-refractivity contribution in [2.24, 2.45) is 0 Å². The number of thiophene rings is 1. The fourth-order valence-corrected chi connectivity index (χ4v) is 4.01. The van der Waals surface area contributed by atoms with E-state index in [1.54, 1.807) is 11.3 Å². The molecule has 1 atom stereocenters. The summed E-state index contributed by atoms with van der Waals surface area (Å²) >= 11 is 6.89. The van der Waals surface area contributed by atoms with Crippen molar-refractivity contribution < 1.29 is 4.52 Å². The van der Waals surface area contributed by atoms with Gasteiger partial charge in [0.2, 0.25) is 0 Å². The van der Waals surface area contributed by atoms with Crippen LogP contribution in [0.2, 0.25) is 0 Å². The van der Waals surface area contributed by atoms with Gasteiger partial charge >= 0.3 is 7.58 Å². The average molecular weight is 289 g/mol. The highest BCUT2D eigenvalue weighted by Crippen LogP contribution is 2.41. The molecular weight excluding hydrogens is 267 g/mol. The van der Waals surface area contributed by atoms with E-state index in [4.69, 9.17) is 16.3 Å². The molecule has 0 saturated heterocycles. The molecule has 17 heavy (non-hydrogen) atoms. The Morgan fingerprint density at radius 3 is 2.35 bits per heavy atom. The van der Waals surface area contributed by atoms with Gasteiger partial charge in [-0.3, -0.25) is 0 Å². The second-order valence-electron chi connectivity index (χ2n) is 4.36. The lowest BCUT2D eigenvalue weighted by molar-refractivity contribution is 0.0680. The van der Waals surface area contributed by atoms with Gasteiger partial charge in [0.1, 0.15) is 0 Å². The second-order valence-corrected chi connectivity index (χ2v) is 6.18. The van der Waals surface area contributed by atoms with E-state index in [9.17, 15) is 0 Å². The van der Waals surface area contributed by atoms with E-state index < -0.39 is 0 Å². The lowest BCUT2D eigenvalue weighted by Gasteiger charge is -2.27. The predicted molar refractivity (Wildman–Crippen MR) is 81.8 cm³/mol. The third-order valence-corrected chi connectivity index (χ3v) is 4.85. The van der Waals surface area contributed by atoms with Gasteiger partial charge < -0.3 is 0 Å². The van der Waals surface area contributed by atoms with Crippen LogP contribution >= 0.6 is 18.9 Å². The van der Waals surface area contributed by atoms with Gasteiger partial charge in [0.15, 0.2) is 17.4 Å². The Morgan fingerprint density at radius 2 is 1.94 bits per heavy atom. The molecule has 0 bridgehead atoms. The molecule has 0 aliphatic carbocycles. The van der Waals surface area contributed by atoms with E-state index >= 15 is 0 Å². The first-order chi connectivity index (χ1) is 8.29. The third kappa shape index (κ3) is 4.40. The molecule has 1 aromatic heterocycles. The Hall–Kier alpha value is 0.180. The molecule has 96 valence electrons. The molecule has 0 amide bonds. The molecule has 0 fully saturated rings. The highest BCUT2D eigenvalue weighted by atomic mass is 32.4. The van der Waals surface area contributed by atoms with Crippen LogP contribution in [0.3, 0.4) is 0 Å². The predicted octanol–water partition coefficient (Wildman–Crippen LogP) is 5.40. The number of rotatable bonds is 9. The molecule has 1 heterocycles. The van der Waals surface area contributed by atoms with Gasteiger partial charge in [-0.25, -0.2) is 0 Å². The molecule has 0 N–H and O–H groups in total. The molecule has 0 aliphatic rings. The molecule has 4 heteroatoms. The van der Waals surface area contributed by atoms with Crippen LogP contribution in [-0.4, -0.2) is 0 Å². The highest BCUT2D eigenvalue weighted by molar-refractivity contribution is 7.94. The van der Waals surface area contributed by atoms with Crippen LogP contribution in [0.4, 0.5) is 0 Å². The smallest absolute Gasteiger partial charge is 0.158 e.